The Morgan fingerprint density at radius 2 is 1.91 bits per heavy atom. The van der Waals surface area contributed by atoms with Gasteiger partial charge in [-0.15, -0.1) is 0 Å². The third kappa shape index (κ3) is 5.18. The lowest BCUT2D eigenvalue weighted by Crippen LogP contribution is -2.36. The van der Waals surface area contributed by atoms with Gasteiger partial charge in [-0.3, -0.25) is 0 Å². The molecule has 11 heavy (non-hydrogen) atoms. The lowest BCUT2D eigenvalue weighted by atomic mass is 9.90. The molecule has 0 radical (unpaired) electrons. The minimum Gasteiger partial charge on any atom is -0.395 e. The SMILES string of the molecule is CC(CC(C)(C)O)C(N)CO. The van der Waals surface area contributed by atoms with Crippen LogP contribution in [0.5, 0.6) is 0 Å². The van der Waals surface area contributed by atoms with Gasteiger partial charge in [-0.05, 0) is 26.2 Å². The van der Waals surface area contributed by atoms with Crippen molar-refractivity contribution in [1.29, 1.82) is 0 Å². The summed E-state index contributed by atoms with van der Waals surface area (Å²) in [5.74, 6) is 0.153. The number of hydrogen-bond donors (Lipinski definition) is 3. The average molecular weight is 161 g/mol. The van der Waals surface area contributed by atoms with Crippen LogP contribution in [-0.4, -0.2) is 28.5 Å². The molecule has 0 saturated heterocycles. The van der Waals surface area contributed by atoms with Crippen molar-refractivity contribution in [2.75, 3.05) is 6.61 Å². The normalized spacial score (nSPS) is 18.0. The van der Waals surface area contributed by atoms with Gasteiger partial charge in [0.15, 0.2) is 0 Å². The lowest BCUT2D eigenvalue weighted by Gasteiger charge is -2.25. The Morgan fingerprint density at radius 3 is 2.18 bits per heavy atom. The predicted octanol–water partition coefficient (Wildman–Crippen LogP) is 0.103. The predicted molar refractivity (Wildman–Crippen MR) is 45.1 cm³/mol. The van der Waals surface area contributed by atoms with Gasteiger partial charge in [0.2, 0.25) is 0 Å². The Balaban J connectivity index is 3.77. The zero-order chi connectivity index (χ0) is 9.07. The van der Waals surface area contributed by atoms with Gasteiger partial charge in [0.1, 0.15) is 0 Å². The minimum absolute atomic E-state index is 0.0166. The van der Waals surface area contributed by atoms with Crippen LogP contribution in [0.15, 0.2) is 0 Å². The summed E-state index contributed by atoms with van der Waals surface area (Å²) in [6.45, 7) is 5.40. The van der Waals surface area contributed by atoms with Crippen molar-refractivity contribution in [3.8, 4) is 0 Å². The van der Waals surface area contributed by atoms with Crippen LogP contribution < -0.4 is 5.73 Å². The molecule has 4 N–H and O–H groups in total. The Morgan fingerprint density at radius 1 is 1.45 bits per heavy atom. The Bertz CT molecular complexity index is 109. The van der Waals surface area contributed by atoms with Crippen LogP contribution in [0, 0.1) is 5.92 Å². The summed E-state index contributed by atoms with van der Waals surface area (Å²) < 4.78 is 0. The molecule has 3 heteroatoms. The van der Waals surface area contributed by atoms with Gasteiger partial charge >= 0.3 is 0 Å². The quantitative estimate of drug-likeness (QED) is 0.548. The van der Waals surface area contributed by atoms with E-state index in [1.54, 1.807) is 13.8 Å². The molecule has 0 fully saturated rings. The van der Waals surface area contributed by atoms with Gasteiger partial charge in [0.05, 0.1) is 12.2 Å². The molecule has 3 nitrogen and oxygen atoms in total. The molecule has 0 saturated carbocycles. The number of nitrogens with two attached hydrogens (primary N) is 1. The fourth-order valence-electron chi connectivity index (χ4n) is 1.12. The summed E-state index contributed by atoms with van der Waals surface area (Å²) in [6.07, 6.45) is 0.620. The van der Waals surface area contributed by atoms with Gasteiger partial charge in [-0.25, -0.2) is 0 Å². The first-order valence-corrected chi connectivity index (χ1v) is 3.95. The molecule has 0 bridgehead atoms. The van der Waals surface area contributed by atoms with E-state index in [1.165, 1.54) is 0 Å². The molecule has 0 aromatic rings. The fraction of sp³-hybridized carbons (Fsp3) is 1.00. The Labute approximate surface area is 68.2 Å². The second-order valence-electron chi connectivity index (χ2n) is 3.84. The number of aliphatic hydroxyl groups excluding tert-OH is 1. The van der Waals surface area contributed by atoms with Crippen molar-refractivity contribution in [2.24, 2.45) is 11.7 Å². The highest BCUT2D eigenvalue weighted by atomic mass is 16.3. The van der Waals surface area contributed by atoms with Crippen LogP contribution >= 0.6 is 0 Å². The summed E-state index contributed by atoms with van der Waals surface area (Å²) in [5.41, 5.74) is 4.87. The third-order valence-electron chi connectivity index (χ3n) is 1.76. The smallest absolute Gasteiger partial charge is 0.0594 e. The number of aliphatic hydroxyl groups is 2. The molecule has 0 spiro atoms. The largest absolute Gasteiger partial charge is 0.395 e. The number of hydrogen-bond acceptors (Lipinski definition) is 3. The van der Waals surface area contributed by atoms with Crippen LogP contribution in [0.4, 0.5) is 0 Å². The van der Waals surface area contributed by atoms with E-state index in [1.807, 2.05) is 6.92 Å². The monoisotopic (exact) mass is 161 g/mol. The van der Waals surface area contributed by atoms with Crippen molar-refractivity contribution < 1.29 is 10.2 Å². The van der Waals surface area contributed by atoms with Crippen LogP contribution in [0.3, 0.4) is 0 Å². The van der Waals surface area contributed by atoms with Crippen LogP contribution in [-0.2, 0) is 0 Å². The van der Waals surface area contributed by atoms with E-state index in [4.69, 9.17) is 10.8 Å². The summed E-state index contributed by atoms with van der Waals surface area (Å²) in [5, 5.41) is 18.1. The summed E-state index contributed by atoms with van der Waals surface area (Å²) in [6, 6.07) is -0.221. The topological polar surface area (TPSA) is 66.5 Å². The first-order chi connectivity index (χ1) is 4.87. The Kier molecular flexibility index (Phi) is 4.00. The third-order valence-corrected chi connectivity index (χ3v) is 1.76. The van der Waals surface area contributed by atoms with Crippen LogP contribution in [0.2, 0.25) is 0 Å². The van der Waals surface area contributed by atoms with Crippen LogP contribution in [0.1, 0.15) is 27.2 Å². The molecule has 2 atom stereocenters. The second-order valence-corrected chi connectivity index (χ2v) is 3.84. The van der Waals surface area contributed by atoms with E-state index in [0.29, 0.717) is 6.42 Å². The molecule has 0 aliphatic carbocycles. The molecular weight excluding hydrogens is 142 g/mol. The Hall–Kier alpha value is -0.120. The van der Waals surface area contributed by atoms with E-state index in [2.05, 4.69) is 0 Å². The maximum absolute atomic E-state index is 9.40. The molecule has 0 heterocycles. The van der Waals surface area contributed by atoms with Gasteiger partial charge in [-0.2, -0.15) is 0 Å². The van der Waals surface area contributed by atoms with Crippen molar-refractivity contribution in [1.82, 2.24) is 0 Å². The molecule has 2 unspecified atom stereocenters. The highest BCUT2D eigenvalue weighted by Crippen LogP contribution is 2.17. The van der Waals surface area contributed by atoms with E-state index >= 15 is 0 Å². The minimum atomic E-state index is -0.688. The van der Waals surface area contributed by atoms with Gasteiger partial charge in [-0.1, -0.05) is 6.92 Å². The van der Waals surface area contributed by atoms with Gasteiger partial charge in [0, 0.05) is 6.04 Å². The molecule has 0 rings (SSSR count). The molecule has 0 aromatic heterocycles. The molecule has 68 valence electrons. The van der Waals surface area contributed by atoms with Gasteiger partial charge < -0.3 is 15.9 Å². The van der Waals surface area contributed by atoms with Crippen molar-refractivity contribution in [3.05, 3.63) is 0 Å². The summed E-state index contributed by atoms with van der Waals surface area (Å²) in [7, 11) is 0. The first-order valence-electron chi connectivity index (χ1n) is 3.95. The molecule has 0 aliphatic heterocycles. The standard InChI is InChI=1S/C8H19NO2/c1-6(7(9)5-10)4-8(2,3)11/h6-7,10-11H,4-5,9H2,1-3H3. The van der Waals surface area contributed by atoms with E-state index in [0.717, 1.165) is 0 Å². The lowest BCUT2D eigenvalue weighted by molar-refractivity contribution is 0.0470. The molecule has 0 amide bonds. The maximum Gasteiger partial charge on any atom is 0.0594 e. The summed E-state index contributed by atoms with van der Waals surface area (Å²) in [4.78, 5) is 0. The maximum atomic E-state index is 9.40. The van der Waals surface area contributed by atoms with Crippen molar-refractivity contribution in [3.63, 3.8) is 0 Å². The van der Waals surface area contributed by atoms with Crippen LogP contribution in [0.25, 0.3) is 0 Å². The fourth-order valence-corrected chi connectivity index (χ4v) is 1.12. The average Bonchev–Trinajstić information content (AvgIpc) is 1.82. The van der Waals surface area contributed by atoms with E-state index in [9.17, 15) is 5.11 Å². The van der Waals surface area contributed by atoms with E-state index in [-0.39, 0.29) is 18.6 Å². The highest BCUT2D eigenvalue weighted by molar-refractivity contribution is 4.75. The van der Waals surface area contributed by atoms with E-state index < -0.39 is 5.60 Å². The second kappa shape index (κ2) is 4.04. The zero-order valence-corrected chi connectivity index (χ0v) is 7.54. The molecule has 0 aromatic carbocycles. The summed E-state index contributed by atoms with van der Waals surface area (Å²) >= 11 is 0. The zero-order valence-electron chi connectivity index (χ0n) is 7.54. The number of rotatable bonds is 4. The highest BCUT2D eigenvalue weighted by Gasteiger charge is 2.20. The van der Waals surface area contributed by atoms with Crippen molar-refractivity contribution >= 4 is 0 Å². The van der Waals surface area contributed by atoms with Crippen molar-refractivity contribution in [2.45, 2.75) is 38.8 Å². The molecule has 0 aliphatic rings. The van der Waals surface area contributed by atoms with Gasteiger partial charge in [0.25, 0.3) is 0 Å². The molecular formula is C8H19NO2. The first kappa shape index (κ1) is 10.9.